The van der Waals surface area contributed by atoms with E-state index in [-0.39, 0.29) is 0 Å². The summed E-state index contributed by atoms with van der Waals surface area (Å²) in [6, 6.07) is 7.70. The Hall–Kier alpha value is -2.08. The first-order valence-electron chi connectivity index (χ1n) is 6.55. The van der Waals surface area contributed by atoms with Crippen LogP contribution in [0.5, 0.6) is 0 Å². The predicted molar refractivity (Wildman–Crippen MR) is 76.6 cm³/mol. The highest BCUT2D eigenvalue weighted by atomic mass is 16.6. The number of alkyl carbamates (subject to hydrolysis) is 1. The molecule has 0 saturated carbocycles. The molecule has 116 valence electrons. The van der Waals surface area contributed by atoms with Gasteiger partial charge in [-0.3, -0.25) is 0 Å². The van der Waals surface area contributed by atoms with Crippen LogP contribution in [0.1, 0.15) is 32.4 Å². The molecule has 2 N–H and O–H groups in total. The first kappa shape index (κ1) is 17.0. The Morgan fingerprint density at radius 1 is 1.19 bits per heavy atom. The Bertz CT molecular complexity index is 481. The largest absolute Gasteiger partial charge is 0.467 e. The zero-order chi connectivity index (χ0) is 16.0. The molecule has 0 saturated heterocycles. The predicted octanol–water partition coefficient (Wildman–Crippen LogP) is 1.79. The van der Waals surface area contributed by atoms with Crippen LogP contribution in [0.4, 0.5) is 4.79 Å². The number of nitrogens with one attached hydrogen (secondary N) is 1. The van der Waals surface area contributed by atoms with Crippen LogP contribution in [-0.2, 0) is 14.3 Å². The highest BCUT2D eigenvalue weighted by Gasteiger charge is 2.31. The summed E-state index contributed by atoms with van der Waals surface area (Å²) in [5, 5.41) is 12.5. The highest BCUT2D eigenvalue weighted by molar-refractivity contribution is 5.77. The van der Waals surface area contributed by atoms with Crippen LogP contribution in [0.2, 0.25) is 0 Å². The molecule has 6 heteroatoms. The lowest BCUT2D eigenvalue weighted by Gasteiger charge is -2.25. The molecule has 21 heavy (non-hydrogen) atoms. The number of aliphatic hydroxyl groups excluding tert-OH is 1. The number of methoxy groups -OCH3 is 1. The lowest BCUT2D eigenvalue weighted by molar-refractivity contribution is -0.152. The van der Waals surface area contributed by atoms with E-state index in [1.54, 1.807) is 51.1 Å². The van der Waals surface area contributed by atoms with Crippen molar-refractivity contribution in [1.82, 2.24) is 5.32 Å². The second-order valence-electron chi connectivity index (χ2n) is 5.50. The minimum Gasteiger partial charge on any atom is -0.467 e. The van der Waals surface area contributed by atoms with Crippen molar-refractivity contribution < 1.29 is 24.2 Å². The fraction of sp³-hybridized carbons (Fsp3) is 0.467. The van der Waals surface area contributed by atoms with Crippen molar-refractivity contribution in [3.63, 3.8) is 0 Å². The molecule has 0 aliphatic heterocycles. The number of hydrogen-bond acceptors (Lipinski definition) is 5. The van der Waals surface area contributed by atoms with Crippen LogP contribution >= 0.6 is 0 Å². The van der Waals surface area contributed by atoms with Crippen LogP contribution < -0.4 is 5.32 Å². The number of carbonyl (C=O) groups is 2. The Morgan fingerprint density at radius 2 is 1.76 bits per heavy atom. The van der Waals surface area contributed by atoms with E-state index in [1.807, 2.05) is 0 Å². The molecule has 0 spiro atoms. The minimum atomic E-state index is -1.52. The molecule has 1 unspecified atom stereocenters. The van der Waals surface area contributed by atoms with Crippen molar-refractivity contribution in [2.24, 2.45) is 0 Å². The maximum atomic E-state index is 11.9. The van der Waals surface area contributed by atoms with Crippen LogP contribution in [0, 0.1) is 0 Å². The zero-order valence-electron chi connectivity index (χ0n) is 12.6. The van der Waals surface area contributed by atoms with Crippen LogP contribution in [-0.4, -0.2) is 36.0 Å². The molecule has 0 fully saturated rings. The van der Waals surface area contributed by atoms with Gasteiger partial charge < -0.3 is 19.9 Å². The molecule has 0 bridgehead atoms. The molecule has 0 aromatic heterocycles. The van der Waals surface area contributed by atoms with Gasteiger partial charge in [-0.15, -0.1) is 0 Å². The second kappa shape index (κ2) is 7.08. The lowest BCUT2D eigenvalue weighted by atomic mass is 10.0. The molecule has 0 radical (unpaired) electrons. The molecule has 0 aliphatic carbocycles. The highest BCUT2D eigenvalue weighted by Crippen LogP contribution is 2.19. The number of hydrogen-bond donors (Lipinski definition) is 2. The monoisotopic (exact) mass is 295 g/mol. The second-order valence-corrected chi connectivity index (χ2v) is 5.50. The average molecular weight is 295 g/mol. The molecular weight excluding hydrogens is 274 g/mol. The van der Waals surface area contributed by atoms with E-state index in [0.29, 0.717) is 5.56 Å². The number of benzene rings is 1. The summed E-state index contributed by atoms with van der Waals surface area (Å²) in [5.41, 5.74) is -0.108. The van der Waals surface area contributed by atoms with E-state index in [0.717, 1.165) is 0 Å². The van der Waals surface area contributed by atoms with Gasteiger partial charge in [0.25, 0.3) is 0 Å². The van der Waals surface area contributed by atoms with Gasteiger partial charge in [0.05, 0.1) is 13.2 Å². The van der Waals surface area contributed by atoms with Crippen molar-refractivity contribution >= 4 is 12.1 Å². The van der Waals surface area contributed by atoms with Gasteiger partial charge in [-0.1, -0.05) is 30.3 Å². The number of esters is 1. The van der Waals surface area contributed by atoms with E-state index in [4.69, 9.17) is 4.74 Å². The van der Waals surface area contributed by atoms with E-state index >= 15 is 0 Å². The van der Waals surface area contributed by atoms with Crippen LogP contribution in [0.15, 0.2) is 30.3 Å². The summed E-state index contributed by atoms with van der Waals surface area (Å²) in [6.07, 6.45) is -2.25. The molecular formula is C15H21NO5. The van der Waals surface area contributed by atoms with Crippen molar-refractivity contribution in [1.29, 1.82) is 0 Å². The van der Waals surface area contributed by atoms with Gasteiger partial charge in [0, 0.05) is 0 Å². The topological polar surface area (TPSA) is 84.9 Å². The van der Waals surface area contributed by atoms with Gasteiger partial charge in [-0.25, -0.2) is 9.59 Å². The van der Waals surface area contributed by atoms with E-state index in [9.17, 15) is 14.7 Å². The Labute approximate surface area is 124 Å². The Balaban J connectivity index is 2.93. The van der Waals surface area contributed by atoms with Crippen LogP contribution in [0.25, 0.3) is 0 Å². The number of amides is 1. The summed E-state index contributed by atoms with van der Waals surface area (Å²) < 4.78 is 9.66. The summed E-state index contributed by atoms with van der Waals surface area (Å²) in [5.74, 6) is -0.833. The SMILES string of the molecule is COC(=O)C(O)[C@@H](NC(=O)OC(C)(C)C)c1ccccc1. The maximum absolute atomic E-state index is 11.9. The van der Waals surface area contributed by atoms with Crippen molar-refractivity contribution in [2.75, 3.05) is 7.11 Å². The van der Waals surface area contributed by atoms with E-state index < -0.39 is 29.8 Å². The average Bonchev–Trinajstić information content (AvgIpc) is 2.42. The Kier molecular flexibility index (Phi) is 5.72. The van der Waals surface area contributed by atoms with Gasteiger partial charge in [0.2, 0.25) is 0 Å². The fourth-order valence-electron chi connectivity index (χ4n) is 1.70. The summed E-state index contributed by atoms with van der Waals surface area (Å²) in [4.78, 5) is 23.4. The van der Waals surface area contributed by atoms with Gasteiger partial charge in [-0.05, 0) is 26.3 Å². The first-order chi connectivity index (χ1) is 9.74. The summed E-state index contributed by atoms with van der Waals surface area (Å²) >= 11 is 0. The van der Waals surface area contributed by atoms with E-state index in [2.05, 4.69) is 10.1 Å². The van der Waals surface area contributed by atoms with Crippen molar-refractivity contribution in [2.45, 2.75) is 38.5 Å². The third-order valence-corrected chi connectivity index (χ3v) is 2.59. The molecule has 0 aliphatic rings. The normalized spacial score (nSPS) is 14.0. The number of aliphatic hydroxyl groups is 1. The lowest BCUT2D eigenvalue weighted by Crippen LogP contribution is -2.43. The third-order valence-electron chi connectivity index (χ3n) is 2.59. The van der Waals surface area contributed by atoms with Gasteiger partial charge in [0.1, 0.15) is 5.60 Å². The fourth-order valence-corrected chi connectivity index (χ4v) is 1.70. The van der Waals surface area contributed by atoms with E-state index in [1.165, 1.54) is 7.11 Å². The molecule has 6 nitrogen and oxygen atoms in total. The molecule has 0 heterocycles. The smallest absolute Gasteiger partial charge is 0.408 e. The summed E-state index contributed by atoms with van der Waals surface area (Å²) in [6.45, 7) is 5.17. The third kappa shape index (κ3) is 5.43. The molecule has 1 aromatic rings. The number of ether oxygens (including phenoxy) is 2. The first-order valence-corrected chi connectivity index (χ1v) is 6.55. The van der Waals surface area contributed by atoms with Gasteiger partial charge >= 0.3 is 12.1 Å². The van der Waals surface area contributed by atoms with Crippen molar-refractivity contribution in [3.05, 3.63) is 35.9 Å². The van der Waals surface area contributed by atoms with Gasteiger partial charge in [0.15, 0.2) is 6.10 Å². The minimum absolute atomic E-state index is 0.571. The quantitative estimate of drug-likeness (QED) is 0.827. The number of rotatable bonds is 4. The molecule has 1 rings (SSSR count). The zero-order valence-corrected chi connectivity index (χ0v) is 12.6. The maximum Gasteiger partial charge on any atom is 0.408 e. The summed E-state index contributed by atoms with van der Waals surface area (Å²) in [7, 11) is 1.17. The molecule has 2 atom stereocenters. The van der Waals surface area contributed by atoms with Crippen molar-refractivity contribution in [3.8, 4) is 0 Å². The Morgan fingerprint density at radius 3 is 2.24 bits per heavy atom. The molecule has 1 amide bonds. The standard InChI is InChI=1S/C15H21NO5/c1-15(2,3)21-14(19)16-11(12(17)13(18)20-4)10-8-6-5-7-9-10/h5-9,11-12,17H,1-4H3,(H,16,19)/t11-,12?/m0/s1. The van der Waals surface area contributed by atoms with Gasteiger partial charge in [-0.2, -0.15) is 0 Å². The number of carbonyl (C=O) groups excluding carboxylic acids is 2. The van der Waals surface area contributed by atoms with Crippen LogP contribution in [0.3, 0.4) is 0 Å². The molecule has 1 aromatic carbocycles.